The number of carbonyl (C=O) groups is 1. The molecule has 1 amide bonds. The van der Waals surface area contributed by atoms with E-state index in [0.29, 0.717) is 29.6 Å². The van der Waals surface area contributed by atoms with Gasteiger partial charge in [0.25, 0.3) is 5.91 Å². The second-order valence-corrected chi connectivity index (χ2v) is 9.03. The first-order chi connectivity index (χ1) is 13.8. The lowest BCUT2D eigenvalue weighted by Gasteiger charge is -2.34. The van der Waals surface area contributed by atoms with Crippen LogP contribution in [0.25, 0.3) is 0 Å². The van der Waals surface area contributed by atoms with Crippen molar-refractivity contribution in [3.05, 3.63) is 53.1 Å². The van der Waals surface area contributed by atoms with E-state index < -0.39 is 10.0 Å². The van der Waals surface area contributed by atoms with Crippen LogP contribution in [-0.2, 0) is 14.8 Å². The van der Waals surface area contributed by atoms with E-state index in [4.69, 9.17) is 21.1 Å². The van der Waals surface area contributed by atoms with E-state index in [1.54, 1.807) is 35.2 Å². The number of halogens is 1. The molecule has 0 radical (unpaired) electrons. The van der Waals surface area contributed by atoms with Crippen LogP contribution >= 0.6 is 11.6 Å². The van der Waals surface area contributed by atoms with Crippen molar-refractivity contribution in [2.24, 2.45) is 0 Å². The quantitative estimate of drug-likeness (QED) is 0.692. The summed E-state index contributed by atoms with van der Waals surface area (Å²) in [5.41, 5.74) is 0.848. The van der Waals surface area contributed by atoms with Gasteiger partial charge >= 0.3 is 0 Å². The number of hydrogen-bond acceptors (Lipinski definition) is 5. The van der Waals surface area contributed by atoms with Crippen molar-refractivity contribution in [1.29, 1.82) is 0 Å². The summed E-state index contributed by atoms with van der Waals surface area (Å²) in [6.07, 6.45) is 0. The summed E-state index contributed by atoms with van der Waals surface area (Å²) in [5.74, 6) is 1.01. The van der Waals surface area contributed by atoms with Crippen molar-refractivity contribution in [2.75, 3.05) is 39.9 Å². The molecule has 2 aromatic rings. The molecule has 0 spiro atoms. The minimum atomic E-state index is -3.61. The summed E-state index contributed by atoms with van der Waals surface area (Å²) in [4.78, 5) is 14.3. The standard InChI is InChI=1S/C20H23ClN2O5S/c1-15-13-16(21)3-8-19(15)28-14-20(24)22-9-11-23(12-10-22)29(25,26)18-6-4-17(27-2)5-7-18/h3-8,13H,9-12,14H2,1-2H3. The van der Waals surface area contributed by atoms with Gasteiger partial charge in [0.2, 0.25) is 10.0 Å². The van der Waals surface area contributed by atoms with Gasteiger partial charge in [-0.15, -0.1) is 0 Å². The Morgan fingerprint density at radius 1 is 1.07 bits per heavy atom. The SMILES string of the molecule is COc1ccc(S(=O)(=O)N2CCN(C(=O)COc3ccc(Cl)cc3C)CC2)cc1. The number of aryl methyl sites for hydroxylation is 1. The number of piperazine rings is 1. The predicted molar refractivity (Wildman–Crippen MR) is 110 cm³/mol. The molecule has 1 aliphatic rings. The highest BCUT2D eigenvalue weighted by Crippen LogP contribution is 2.23. The minimum absolute atomic E-state index is 0.103. The van der Waals surface area contributed by atoms with Gasteiger partial charge in [-0.1, -0.05) is 11.6 Å². The highest BCUT2D eigenvalue weighted by Gasteiger charge is 2.30. The van der Waals surface area contributed by atoms with Crippen molar-refractivity contribution in [3.8, 4) is 11.5 Å². The average Bonchev–Trinajstić information content (AvgIpc) is 2.73. The fourth-order valence-electron chi connectivity index (χ4n) is 3.08. The Morgan fingerprint density at radius 2 is 1.72 bits per heavy atom. The molecule has 0 aliphatic carbocycles. The van der Waals surface area contributed by atoms with Gasteiger partial charge < -0.3 is 14.4 Å². The van der Waals surface area contributed by atoms with Crippen LogP contribution in [0.1, 0.15) is 5.56 Å². The molecule has 1 aliphatic heterocycles. The van der Waals surface area contributed by atoms with Crippen molar-refractivity contribution in [3.63, 3.8) is 0 Å². The van der Waals surface area contributed by atoms with Gasteiger partial charge in [-0.3, -0.25) is 4.79 Å². The third-order valence-electron chi connectivity index (χ3n) is 4.78. The van der Waals surface area contributed by atoms with Crippen molar-refractivity contribution in [1.82, 2.24) is 9.21 Å². The number of rotatable bonds is 6. The third-order valence-corrected chi connectivity index (χ3v) is 6.92. The highest BCUT2D eigenvalue weighted by molar-refractivity contribution is 7.89. The summed E-state index contributed by atoms with van der Waals surface area (Å²) >= 11 is 5.92. The maximum Gasteiger partial charge on any atom is 0.260 e. The van der Waals surface area contributed by atoms with Gasteiger partial charge in [0.05, 0.1) is 12.0 Å². The highest BCUT2D eigenvalue weighted by atomic mass is 35.5. The molecule has 3 rings (SSSR count). The molecule has 0 saturated carbocycles. The van der Waals surface area contributed by atoms with E-state index in [2.05, 4.69) is 0 Å². The molecule has 0 bridgehead atoms. The molecule has 1 heterocycles. The van der Waals surface area contributed by atoms with E-state index in [9.17, 15) is 13.2 Å². The van der Waals surface area contributed by atoms with Crippen LogP contribution in [0.15, 0.2) is 47.4 Å². The maximum atomic E-state index is 12.8. The molecule has 9 heteroatoms. The van der Waals surface area contributed by atoms with Gasteiger partial charge in [0.1, 0.15) is 11.5 Å². The van der Waals surface area contributed by atoms with Gasteiger partial charge in [-0.05, 0) is 55.0 Å². The molecule has 1 saturated heterocycles. The molecule has 156 valence electrons. The smallest absolute Gasteiger partial charge is 0.260 e. The lowest BCUT2D eigenvalue weighted by atomic mass is 10.2. The molecular formula is C20H23ClN2O5S. The van der Waals surface area contributed by atoms with Gasteiger partial charge in [-0.25, -0.2) is 8.42 Å². The molecule has 29 heavy (non-hydrogen) atoms. The Hall–Kier alpha value is -2.29. The van der Waals surface area contributed by atoms with Crippen LogP contribution in [0, 0.1) is 6.92 Å². The number of carbonyl (C=O) groups excluding carboxylic acids is 1. The zero-order chi connectivity index (χ0) is 21.0. The molecular weight excluding hydrogens is 416 g/mol. The Balaban J connectivity index is 1.55. The summed E-state index contributed by atoms with van der Waals surface area (Å²) in [6.45, 7) is 2.86. The van der Waals surface area contributed by atoms with E-state index in [1.165, 1.54) is 23.5 Å². The number of sulfonamides is 1. The van der Waals surface area contributed by atoms with Crippen LogP contribution in [0.4, 0.5) is 0 Å². The van der Waals surface area contributed by atoms with E-state index in [1.807, 2.05) is 6.92 Å². The zero-order valence-corrected chi connectivity index (χ0v) is 17.9. The maximum absolute atomic E-state index is 12.8. The minimum Gasteiger partial charge on any atom is -0.497 e. The van der Waals surface area contributed by atoms with E-state index in [-0.39, 0.29) is 30.5 Å². The van der Waals surface area contributed by atoms with Crippen LogP contribution in [0.3, 0.4) is 0 Å². The molecule has 2 aromatic carbocycles. The number of hydrogen-bond donors (Lipinski definition) is 0. The molecule has 0 N–H and O–H groups in total. The lowest BCUT2D eigenvalue weighted by molar-refractivity contribution is -0.134. The van der Waals surface area contributed by atoms with Crippen molar-refractivity contribution >= 4 is 27.5 Å². The van der Waals surface area contributed by atoms with Gasteiger partial charge in [0.15, 0.2) is 6.61 Å². The van der Waals surface area contributed by atoms with Gasteiger partial charge in [-0.2, -0.15) is 4.31 Å². The number of benzene rings is 2. The second-order valence-electron chi connectivity index (χ2n) is 6.66. The summed E-state index contributed by atoms with van der Waals surface area (Å²) in [7, 11) is -2.08. The Labute approximate surface area is 175 Å². The van der Waals surface area contributed by atoms with Crippen LogP contribution in [-0.4, -0.2) is 63.4 Å². The number of amides is 1. The van der Waals surface area contributed by atoms with Crippen molar-refractivity contribution < 1.29 is 22.7 Å². The van der Waals surface area contributed by atoms with E-state index >= 15 is 0 Å². The van der Waals surface area contributed by atoms with Gasteiger partial charge in [0, 0.05) is 31.2 Å². The molecule has 0 aromatic heterocycles. The Morgan fingerprint density at radius 3 is 2.31 bits per heavy atom. The second kappa shape index (κ2) is 9.02. The summed E-state index contributed by atoms with van der Waals surface area (Å²) in [6, 6.07) is 11.5. The first kappa shape index (κ1) is 21.4. The Bertz CT molecular complexity index is 971. The first-order valence-electron chi connectivity index (χ1n) is 9.12. The molecule has 7 nitrogen and oxygen atoms in total. The number of methoxy groups -OCH3 is 1. The fraction of sp³-hybridized carbons (Fsp3) is 0.350. The van der Waals surface area contributed by atoms with Crippen molar-refractivity contribution in [2.45, 2.75) is 11.8 Å². The summed E-state index contributed by atoms with van der Waals surface area (Å²) in [5, 5.41) is 0.607. The summed E-state index contributed by atoms with van der Waals surface area (Å²) < 4.78 is 37.6. The number of ether oxygens (including phenoxy) is 2. The van der Waals surface area contributed by atoms with Crippen LogP contribution in [0.5, 0.6) is 11.5 Å². The fourth-order valence-corrected chi connectivity index (χ4v) is 4.73. The van der Waals surface area contributed by atoms with E-state index in [0.717, 1.165) is 5.56 Å². The third kappa shape index (κ3) is 5.01. The number of nitrogens with zero attached hydrogens (tertiary/aromatic N) is 2. The topological polar surface area (TPSA) is 76.2 Å². The molecule has 0 unspecified atom stereocenters. The predicted octanol–water partition coefficient (Wildman–Crippen LogP) is 2.57. The molecule has 0 atom stereocenters. The lowest BCUT2D eigenvalue weighted by Crippen LogP contribution is -2.51. The normalized spacial score (nSPS) is 15.2. The van der Waals surface area contributed by atoms with Crippen LogP contribution in [0.2, 0.25) is 5.02 Å². The largest absolute Gasteiger partial charge is 0.497 e. The average molecular weight is 439 g/mol. The molecule has 1 fully saturated rings. The first-order valence-corrected chi connectivity index (χ1v) is 10.9. The zero-order valence-electron chi connectivity index (χ0n) is 16.3. The monoisotopic (exact) mass is 438 g/mol. The Kier molecular flexibility index (Phi) is 6.66. The van der Waals surface area contributed by atoms with Crippen LogP contribution < -0.4 is 9.47 Å².